The van der Waals surface area contributed by atoms with Crippen molar-refractivity contribution in [3.63, 3.8) is 0 Å². The lowest BCUT2D eigenvalue weighted by Crippen LogP contribution is -2.12. The van der Waals surface area contributed by atoms with Crippen LogP contribution in [-0.4, -0.2) is 16.1 Å². The van der Waals surface area contributed by atoms with Crippen LogP contribution >= 0.6 is 22.6 Å². The first-order chi connectivity index (χ1) is 10.1. The molecule has 2 heterocycles. The van der Waals surface area contributed by atoms with E-state index >= 15 is 0 Å². The minimum absolute atomic E-state index is 0.0296. The van der Waals surface area contributed by atoms with Gasteiger partial charge < -0.3 is 8.83 Å². The quantitative estimate of drug-likeness (QED) is 0.687. The molecule has 6 nitrogen and oxygen atoms in total. The summed E-state index contributed by atoms with van der Waals surface area (Å²) >= 11 is 2.18. The van der Waals surface area contributed by atoms with Gasteiger partial charge in [-0.1, -0.05) is 11.2 Å². The number of rotatable bonds is 3. The van der Waals surface area contributed by atoms with Gasteiger partial charge in [-0.3, -0.25) is 10.1 Å². The average molecular weight is 395 g/mol. The third kappa shape index (κ3) is 2.97. The van der Waals surface area contributed by atoms with Gasteiger partial charge in [0, 0.05) is 9.13 Å². The number of hydrogen-bond acceptors (Lipinski definition) is 5. The van der Waals surface area contributed by atoms with Crippen molar-refractivity contribution in [2.45, 2.75) is 6.92 Å². The Balaban J connectivity index is 1.77. The first-order valence-corrected chi connectivity index (χ1v) is 7.16. The Labute approximate surface area is 133 Å². The van der Waals surface area contributed by atoms with Crippen LogP contribution in [0, 0.1) is 10.5 Å². The molecule has 0 radical (unpaired) electrons. The Morgan fingerprint density at radius 3 is 2.86 bits per heavy atom. The van der Waals surface area contributed by atoms with E-state index in [0.29, 0.717) is 11.3 Å². The standard InChI is InChI=1S/C14H10IN3O3/c1-8-4-5-9(7-10(8)15)12(19)16-14-18-17-13(21-14)11-3-2-6-20-11/h2-7H,1H3,(H,16,18,19). The highest BCUT2D eigenvalue weighted by Crippen LogP contribution is 2.20. The average Bonchev–Trinajstić information content (AvgIpc) is 3.12. The molecule has 0 aliphatic carbocycles. The van der Waals surface area contributed by atoms with E-state index in [1.807, 2.05) is 13.0 Å². The second-order valence-corrected chi connectivity index (χ2v) is 5.47. The second-order valence-electron chi connectivity index (χ2n) is 4.31. The predicted octanol–water partition coefficient (Wildman–Crippen LogP) is 3.49. The molecule has 2 aromatic heterocycles. The van der Waals surface area contributed by atoms with Gasteiger partial charge in [0.1, 0.15) is 0 Å². The third-order valence-corrected chi connectivity index (χ3v) is 3.97. The van der Waals surface area contributed by atoms with Crippen LogP contribution in [0.5, 0.6) is 0 Å². The fraction of sp³-hybridized carbons (Fsp3) is 0.0714. The highest BCUT2D eigenvalue weighted by molar-refractivity contribution is 14.1. The van der Waals surface area contributed by atoms with E-state index in [2.05, 4.69) is 38.1 Å². The maximum absolute atomic E-state index is 12.1. The molecule has 0 fully saturated rings. The number of nitrogens with zero attached hydrogens (tertiary/aromatic N) is 2. The number of furan rings is 1. The summed E-state index contributed by atoms with van der Waals surface area (Å²) in [7, 11) is 0. The topological polar surface area (TPSA) is 81.2 Å². The van der Waals surface area contributed by atoms with Gasteiger partial charge in [-0.05, 0) is 59.3 Å². The van der Waals surface area contributed by atoms with Crippen LogP contribution < -0.4 is 5.32 Å². The molecule has 0 aliphatic heterocycles. The van der Waals surface area contributed by atoms with Crippen LogP contribution in [0.2, 0.25) is 0 Å². The fourth-order valence-corrected chi connectivity index (χ4v) is 2.19. The fourth-order valence-electron chi connectivity index (χ4n) is 1.68. The molecular formula is C14H10IN3O3. The third-order valence-electron chi connectivity index (χ3n) is 2.81. The zero-order valence-corrected chi connectivity index (χ0v) is 13.1. The number of anilines is 1. The van der Waals surface area contributed by atoms with Gasteiger partial charge in [0.25, 0.3) is 11.8 Å². The minimum Gasteiger partial charge on any atom is -0.459 e. The Hall–Kier alpha value is -2.16. The number of aromatic nitrogens is 2. The predicted molar refractivity (Wildman–Crippen MR) is 83.8 cm³/mol. The van der Waals surface area contributed by atoms with E-state index in [1.165, 1.54) is 6.26 Å². The first kappa shape index (κ1) is 13.8. The summed E-state index contributed by atoms with van der Waals surface area (Å²) in [5.41, 5.74) is 1.65. The monoisotopic (exact) mass is 395 g/mol. The van der Waals surface area contributed by atoms with Crippen molar-refractivity contribution in [1.82, 2.24) is 10.2 Å². The number of nitrogens with one attached hydrogen (secondary N) is 1. The van der Waals surface area contributed by atoms with Gasteiger partial charge in [-0.2, -0.15) is 0 Å². The molecule has 21 heavy (non-hydrogen) atoms. The molecule has 0 saturated heterocycles. The normalized spacial score (nSPS) is 10.6. The zero-order valence-electron chi connectivity index (χ0n) is 11.0. The summed E-state index contributed by atoms with van der Waals surface area (Å²) in [6.07, 6.45) is 1.51. The molecule has 0 saturated carbocycles. The lowest BCUT2D eigenvalue weighted by molar-refractivity contribution is 0.102. The summed E-state index contributed by atoms with van der Waals surface area (Å²) in [5.74, 6) is 0.365. The molecule has 106 valence electrons. The van der Waals surface area contributed by atoms with Crippen LogP contribution in [0.3, 0.4) is 0 Å². The van der Waals surface area contributed by atoms with Crippen LogP contribution in [0.4, 0.5) is 6.01 Å². The molecule has 1 amide bonds. The summed E-state index contributed by atoms with van der Waals surface area (Å²) in [4.78, 5) is 12.1. The van der Waals surface area contributed by atoms with Crippen LogP contribution in [0.1, 0.15) is 15.9 Å². The molecule has 0 aliphatic rings. The molecule has 3 aromatic rings. The maximum atomic E-state index is 12.1. The number of benzene rings is 1. The van der Waals surface area contributed by atoms with Gasteiger partial charge in [-0.15, -0.1) is 5.10 Å². The lowest BCUT2D eigenvalue weighted by atomic mass is 10.1. The maximum Gasteiger partial charge on any atom is 0.322 e. The van der Waals surface area contributed by atoms with E-state index in [-0.39, 0.29) is 17.8 Å². The molecular weight excluding hydrogens is 385 g/mol. The van der Waals surface area contributed by atoms with Crippen LogP contribution in [0.25, 0.3) is 11.7 Å². The van der Waals surface area contributed by atoms with Gasteiger partial charge >= 0.3 is 6.01 Å². The van der Waals surface area contributed by atoms with Crippen molar-refractivity contribution in [3.8, 4) is 11.7 Å². The lowest BCUT2D eigenvalue weighted by Gasteiger charge is -2.03. The summed E-state index contributed by atoms with van der Waals surface area (Å²) in [6.45, 7) is 1.98. The van der Waals surface area contributed by atoms with Crippen molar-refractivity contribution in [2.75, 3.05) is 5.32 Å². The number of carbonyl (C=O) groups excluding carboxylic acids is 1. The Bertz CT molecular complexity index is 781. The molecule has 1 N–H and O–H groups in total. The van der Waals surface area contributed by atoms with Gasteiger partial charge in [-0.25, -0.2) is 0 Å². The van der Waals surface area contributed by atoms with Crippen LogP contribution in [0.15, 0.2) is 45.4 Å². The summed E-state index contributed by atoms with van der Waals surface area (Å²) in [6, 6.07) is 8.87. The number of amides is 1. The molecule has 1 aromatic carbocycles. The number of halogens is 1. The van der Waals surface area contributed by atoms with Crippen LogP contribution in [-0.2, 0) is 0 Å². The smallest absolute Gasteiger partial charge is 0.322 e. The largest absolute Gasteiger partial charge is 0.459 e. The van der Waals surface area contributed by atoms with E-state index in [4.69, 9.17) is 8.83 Å². The van der Waals surface area contributed by atoms with Crippen molar-refractivity contribution in [3.05, 3.63) is 51.3 Å². The molecule has 3 rings (SSSR count). The van der Waals surface area contributed by atoms with Crippen molar-refractivity contribution >= 4 is 34.5 Å². The van der Waals surface area contributed by atoms with Crippen molar-refractivity contribution < 1.29 is 13.6 Å². The number of aryl methyl sites for hydroxylation is 1. The summed E-state index contributed by atoms with van der Waals surface area (Å²) < 4.78 is 11.5. The van der Waals surface area contributed by atoms with Gasteiger partial charge in [0.2, 0.25) is 0 Å². The summed E-state index contributed by atoms with van der Waals surface area (Å²) in [5, 5.41) is 10.1. The Morgan fingerprint density at radius 2 is 2.14 bits per heavy atom. The molecule has 0 bridgehead atoms. The first-order valence-electron chi connectivity index (χ1n) is 6.08. The Kier molecular flexibility index (Phi) is 3.74. The van der Waals surface area contributed by atoms with Gasteiger partial charge in [0.15, 0.2) is 5.76 Å². The zero-order chi connectivity index (χ0) is 14.8. The Morgan fingerprint density at radius 1 is 1.29 bits per heavy atom. The number of hydrogen-bond donors (Lipinski definition) is 1. The minimum atomic E-state index is -0.303. The molecule has 7 heteroatoms. The molecule has 0 spiro atoms. The highest BCUT2D eigenvalue weighted by atomic mass is 127. The molecule has 0 unspecified atom stereocenters. The van der Waals surface area contributed by atoms with Gasteiger partial charge in [0.05, 0.1) is 6.26 Å². The van der Waals surface area contributed by atoms with E-state index in [9.17, 15) is 4.79 Å². The van der Waals surface area contributed by atoms with E-state index in [1.54, 1.807) is 24.3 Å². The highest BCUT2D eigenvalue weighted by Gasteiger charge is 2.14. The SMILES string of the molecule is Cc1ccc(C(=O)Nc2nnc(-c3ccco3)o2)cc1I. The second kappa shape index (κ2) is 5.68. The van der Waals surface area contributed by atoms with Crippen molar-refractivity contribution in [2.24, 2.45) is 0 Å². The van der Waals surface area contributed by atoms with Crippen molar-refractivity contribution in [1.29, 1.82) is 0 Å². The molecule has 0 atom stereocenters. The van der Waals surface area contributed by atoms with E-state index < -0.39 is 0 Å². The van der Waals surface area contributed by atoms with E-state index in [0.717, 1.165) is 9.13 Å². The number of carbonyl (C=O) groups is 1.